The Morgan fingerprint density at radius 1 is 1.10 bits per heavy atom. The lowest BCUT2D eigenvalue weighted by Gasteiger charge is -2.11. The van der Waals surface area contributed by atoms with Crippen LogP contribution >= 0.6 is 22.6 Å². The molecule has 3 aromatic rings. The maximum atomic E-state index is 4.84. The van der Waals surface area contributed by atoms with Crippen LogP contribution in [0.15, 0.2) is 42.6 Å². The number of imidazole rings is 1. The summed E-state index contributed by atoms with van der Waals surface area (Å²) in [5.41, 5.74) is 5.74. The van der Waals surface area contributed by atoms with Crippen molar-refractivity contribution in [2.24, 2.45) is 0 Å². The van der Waals surface area contributed by atoms with Gasteiger partial charge in [0, 0.05) is 21.9 Å². The molecule has 0 aliphatic rings. The largest absolute Gasteiger partial charge is 0.304 e. The lowest BCUT2D eigenvalue weighted by molar-refractivity contribution is 0.396. The summed E-state index contributed by atoms with van der Waals surface area (Å²) < 4.78 is 3.45. The highest BCUT2D eigenvalue weighted by atomic mass is 127. The molecule has 0 bridgehead atoms. The summed E-state index contributed by atoms with van der Waals surface area (Å²) in [5.74, 6) is 0. The minimum absolute atomic E-state index is 0.867. The van der Waals surface area contributed by atoms with Crippen LogP contribution in [0.25, 0.3) is 16.9 Å². The Morgan fingerprint density at radius 2 is 1.81 bits per heavy atom. The maximum absolute atomic E-state index is 4.84. The third kappa shape index (κ3) is 2.96. The molecular weight excluding hydrogens is 373 g/mol. The van der Waals surface area contributed by atoms with Gasteiger partial charge in [0.25, 0.3) is 0 Å². The fourth-order valence-electron chi connectivity index (χ4n) is 2.49. The minimum Gasteiger partial charge on any atom is -0.304 e. The molecule has 3 nitrogen and oxygen atoms in total. The van der Waals surface area contributed by atoms with Gasteiger partial charge in [-0.2, -0.15) is 0 Å². The zero-order valence-corrected chi connectivity index (χ0v) is 14.6. The Morgan fingerprint density at radius 3 is 2.48 bits per heavy atom. The predicted molar refractivity (Wildman–Crippen MR) is 95.5 cm³/mol. The fourth-order valence-corrected chi connectivity index (χ4v) is 2.85. The van der Waals surface area contributed by atoms with Crippen molar-refractivity contribution >= 4 is 28.2 Å². The highest BCUT2D eigenvalue weighted by Crippen LogP contribution is 2.26. The maximum Gasteiger partial charge on any atom is 0.137 e. The van der Waals surface area contributed by atoms with Crippen LogP contribution in [-0.2, 0) is 6.54 Å². The molecule has 0 spiro atoms. The van der Waals surface area contributed by atoms with Gasteiger partial charge in [0.15, 0.2) is 0 Å². The smallest absolute Gasteiger partial charge is 0.137 e. The molecule has 0 fully saturated rings. The molecule has 21 heavy (non-hydrogen) atoms. The van der Waals surface area contributed by atoms with E-state index in [1.54, 1.807) is 0 Å². The summed E-state index contributed by atoms with van der Waals surface area (Å²) in [6.07, 6.45) is 2.16. The number of hydrogen-bond acceptors (Lipinski definition) is 2. The van der Waals surface area contributed by atoms with E-state index in [-0.39, 0.29) is 0 Å². The zero-order valence-electron chi connectivity index (χ0n) is 12.5. The molecule has 0 aliphatic heterocycles. The molecule has 2 aromatic heterocycles. The monoisotopic (exact) mass is 391 g/mol. The van der Waals surface area contributed by atoms with Crippen molar-refractivity contribution in [3.05, 3.63) is 57.4 Å². The second-order valence-electron chi connectivity index (χ2n) is 5.59. The lowest BCUT2D eigenvalue weighted by Crippen LogP contribution is -2.13. The van der Waals surface area contributed by atoms with Gasteiger partial charge in [-0.25, -0.2) is 4.98 Å². The topological polar surface area (TPSA) is 20.5 Å². The van der Waals surface area contributed by atoms with E-state index < -0.39 is 0 Å². The first-order chi connectivity index (χ1) is 10.0. The normalized spacial score (nSPS) is 11.5. The van der Waals surface area contributed by atoms with Gasteiger partial charge in [0.05, 0.1) is 11.4 Å². The number of aryl methyl sites for hydroxylation is 1. The van der Waals surface area contributed by atoms with Crippen LogP contribution in [0, 0.1) is 10.5 Å². The zero-order chi connectivity index (χ0) is 15.0. The number of pyridine rings is 1. The minimum atomic E-state index is 0.867. The first kappa shape index (κ1) is 14.5. The van der Waals surface area contributed by atoms with Gasteiger partial charge in [-0.15, -0.1) is 0 Å². The number of rotatable bonds is 3. The average molecular weight is 391 g/mol. The summed E-state index contributed by atoms with van der Waals surface area (Å²) in [6.45, 7) is 2.98. The van der Waals surface area contributed by atoms with Crippen molar-refractivity contribution in [3.63, 3.8) is 0 Å². The first-order valence-corrected chi connectivity index (χ1v) is 8.01. The van der Waals surface area contributed by atoms with Crippen LogP contribution in [0.3, 0.4) is 0 Å². The van der Waals surface area contributed by atoms with Gasteiger partial charge in [-0.3, -0.25) is 0 Å². The molecule has 0 saturated heterocycles. The van der Waals surface area contributed by atoms with E-state index in [4.69, 9.17) is 4.98 Å². The van der Waals surface area contributed by atoms with E-state index >= 15 is 0 Å². The number of aromatic nitrogens is 2. The van der Waals surface area contributed by atoms with Crippen molar-refractivity contribution < 1.29 is 0 Å². The van der Waals surface area contributed by atoms with Crippen molar-refractivity contribution in [1.29, 1.82) is 0 Å². The molecule has 1 aromatic carbocycles. The summed E-state index contributed by atoms with van der Waals surface area (Å²) in [6, 6.07) is 12.8. The van der Waals surface area contributed by atoms with Gasteiger partial charge in [0.2, 0.25) is 0 Å². The predicted octanol–water partition coefficient (Wildman–Crippen LogP) is 3.98. The third-order valence-electron chi connectivity index (χ3n) is 3.45. The molecule has 0 N–H and O–H groups in total. The van der Waals surface area contributed by atoms with Crippen LogP contribution in [-0.4, -0.2) is 28.4 Å². The van der Waals surface area contributed by atoms with Gasteiger partial charge in [0.1, 0.15) is 5.65 Å². The highest BCUT2D eigenvalue weighted by molar-refractivity contribution is 14.1. The number of nitrogens with zero attached hydrogens (tertiary/aromatic N) is 3. The SMILES string of the molecule is Cc1ccc2nc(-c3ccc(I)cc3)c(CN(C)C)n2c1. The molecule has 0 atom stereocenters. The number of halogens is 1. The van der Waals surface area contributed by atoms with Crippen LogP contribution in [0.2, 0.25) is 0 Å². The summed E-state index contributed by atoms with van der Waals surface area (Å²) in [4.78, 5) is 7.02. The molecule has 2 heterocycles. The van der Waals surface area contributed by atoms with E-state index in [2.05, 4.69) is 95.5 Å². The van der Waals surface area contributed by atoms with Crippen molar-refractivity contribution in [2.45, 2.75) is 13.5 Å². The standard InChI is InChI=1S/C17H18IN3/c1-12-4-9-16-19-17(13-5-7-14(18)8-6-13)15(11-20(2)3)21(16)10-12/h4-10H,11H2,1-3H3. The Labute approximate surface area is 138 Å². The fraction of sp³-hybridized carbons (Fsp3) is 0.235. The summed E-state index contributed by atoms with van der Waals surface area (Å²) in [5, 5.41) is 0. The molecule has 0 aliphatic carbocycles. The number of fused-ring (bicyclic) bond motifs is 1. The van der Waals surface area contributed by atoms with Crippen molar-refractivity contribution in [1.82, 2.24) is 14.3 Å². The quantitative estimate of drug-likeness (QED) is 0.630. The molecule has 0 amide bonds. The number of benzene rings is 1. The van der Waals surface area contributed by atoms with Crippen molar-refractivity contribution in [3.8, 4) is 11.3 Å². The molecule has 0 radical (unpaired) electrons. The van der Waals surface area contributed by atoms with E-state index in [1.807, 2.05) is 0 Å². The molecule has 0 unspecified atom stereocenters. The highest BCUT2D eigenvalue weighted by Gasteiger charge is 2.14. The van der Waals surface area contributed by atoms with Crippen LogP contribution in [0.4, 0.5) is 0 Å². The molecule has 108 valence electrons. The van der Waals surface area contributed by atoms with E-state index in [0.717, 1.165) is 17.9 Å². The van der Waals surface area contributed by atoms with Gasteiger partial charge >= 0.3 is 0 Å². The van der Waals surface area contributed by atoms with Gasteiger partial charge in [-0.05, 0) is 67.4 Å². The molecule has 3 rings (SSSR count). The molecular formula is C17H18IN3. The molecule has 4 heteroatoms. The van der Waals surface area contributed by atoms with Gasteiger partial charge in [-0.1, -0.05) is 18.2 Å². The Kier molecular flexibility index (Phi) is 3.99. The second kappa shape index (κ2) is 5.77. The lowest BCUT2D eigenvalue weighted by atomic mass is 10.1. The Bertz CT molecular complexity index is 773. The van der Waals surface area contributed by atoms with Crippen LogP contribution < -0.4 is 0 Å². The average Bonchev–Trinajstić information content (AvgIpc) is 2.77. The third-order valence-corrected chi connectivity index (χ3v) is 4.17. The van der Waals surface area contributed by atoms with E-state index in [0.29, 0.717) is 0 Å². The number of hydrogen-bond donors (Lipinski definition) is 0. The summed E-state index contributed by atoms with van der Waals surface area (Å²) >= 11 is 2.33. The molecule has 0 saturated carbocycles. The Balaban J connectivity index is 2.22. The second-order valence-corrected chi connectivity index (χ2v) is 6.83. The van der Waals surface area contributed by atoms with Crippen LogP contribution in [0.5, 0.6) is 0 Å². The Hall–Kier alpha value is -1.40. The first-order valence-electron chi connectivity index (χ1n) is 6.93. The van der Waals surface area contributed by atoms with Crippen molar-refractivity contribution in [2.75, 3.05) is 14.1 Å². The van der Waals surface area contributed by atoms with Gasteiger partial charge < -0.3 is 9.30 Å². The van der Waals surface area contributed by atoms with Crippen LogP contribution in [0.1, 0.15) is 11.3 Å². The van der Waals surface area contributed by atoms with E-state index in [1.165, 1.54) is 20.4 Å². The van der Waals surface area contributed by atoms with E-state index in [9.17, 15) is 0 Å². The summed E-state index contributed by atoms with van der Waals surface area (Å²) in [7, 11) is 4.18.